The number of nitrogens with one attached hydrogen (secondary N) is 2. The second-order valence-corrected chi connectivity index (χ2v) is 16.7. The quantitative estimate of drug-likeness (QED) is 0.146. The number of carbonyl (C=O) groups is 3. The lowest BCUT2D eigenvalue weighted by molar-refractivity contribution is -0.141. The molecule has 1 aliphatic carbocycles. The summed E-state index contributed by atoms with van der Waals surface area (Å²) >= 11 is 3.31. The highest BCUT2D eigenvalue weighted by molar-refractivity contribution is 8.04. The van der Waals surface area contributed by atoms with Crippen LogP contribution in [0.4, 0.5) is 0 Å². The Bertz CT molecular complexity index is 874. The summed E-state index contributed by atoms with van der Waals surface area (Å²) < 4.78 is 5.96. The minimum absolute atomic E-state index is 0.0359. The normalized spacial score (nSPS) is 21.7. The average molecular weight is 616 g/mol. The third-order valence-electron chi connectivity index (χ3n) is 7.05. The van der Waals surface area contributed by atoms with Crippen LogP contribution < -0.4 is 16.4 Å². The first-order valence-electron chi connectivity index (χ1n) is 14.5. The minimum atomic E-state index is -1.06. The van der Waals surface area contributed by atoms with E-state index < -0.39 is 34.6 Å². The Morgan fingerprint density at radius 3 is 1.95 bits per heavy atom. The molecule has 1 aliphatic rings. The Hall–Kier alpha value is -0.785. The predicted octanol–water partition coefficient (Wildman–Crippen LogP) is 3.09. The first kappa shape index (κ1) is 38.2. The maximum Gasteiger partial charge on any atom is 0.327 e. The van der Waals surface area contributed by atoms with Crippen LogP contribution in [-0.4, -0.2) is 99.1 Å². The van der Waals surface area contributed by atoms with E-state index in [9.17, 15) is 24.6 Å². The highest BCUT2D eigenvalue weighted by Gasteiger charge is 2.37. The summed E-state index contributed by atoms with van der Waals surface area (Å²) in [7, 11) is 5.76. The van der Waals surface area contributed by atoms with Crippen LogP contribution in [0.2, 0.25) is 0 Å². The van der Waals surface area contributed by atoms with Gasteiger partial charge in [-0.1, -0.05) is 20.8 Å². The van der Waals surface area contributed by atoms with Crippen LogP contribution in [0.5, 0.6) is 0 Å². The van der Waals surface area contributed by atoms with Crippen LogP contribution in [0.25, 0.3) is 0 Å². The summed E-state index contributed by atoms with van der Waals surface area (Å²) in [5.74, 6) is -0.496. The number of carbonyl (C=O) groups excluding carboxylic acids is 2. The third kappa shape index (κ3) is 14.5. The van der Waals surface area contributed by atoms with Gasteiger partial charge in [-0.15, -0.1) is 0 Å². The number of aliphatic hydroxyl groups excluding tert-OH is 1. The van der Waals surface area contributed by atoms with Gasteiger partial charge in [-0.3, -0.25) is 9.59 Å². The second-order valence-electron chi connectivity index (χ2n) is 14.1. The summed E-state index contributed by atoms with van der Waals surface area (Å²) in [6, 6.07) is -2.19. The highest BCUT2D eigenvalue weighted by atomic mass is 32.2. The summed E-state index contributed by atoms with van der Waals surface area (Å²) in [6.45, 7) is 17.3. The molecule has 6 N–H and O–H groups in total. The first-order chi connectivity index (χ1) is 18.5. The molecule has 2 radical (unpaired) electrons. The van der Waals surface area contributed by atoms with Crippen LogP contribution in [0.15, 0.2) is 0 Å². The number of hydrogen-bond donors (Lipinski definition) is 5. The van der Waals surface area contributed by atoms with E-state index in [0.717, 1.165) is 12.8 Å². The lowest BCUT2D eigenvalue weighted by Crippen LogP contribution is -2.51. The fourth-order valence-corrected chi connectivity index (χ4v) is 7.67. The van der Waals surface area contributed by atoms with Gasteiger partial charge in [0, 0.05) is 58.0 Å². The van der Waals surface area contributed by atoms with Crippen molar-refractivity contribution in [3.8, 4) is 0 Å². The van der Waals surface area contributed by atoms with Gasteiger partial charge in [0.25, 0.3) is 0 Å². The Morgan fingerprint density at radius 1 is 0.976 bits per heavy atom. The van der Waals surface area contributed by atoms with Gasteiger partial charge in [0.05, 0.1) is 11.1 Å². The van der Waals surface area contributed by atoms with Gasteiger partial charge in [0.15, 0.2) is 5.78 Å². The van der Waals surface area contributed by atoms with E-state index in [1.807, 2.05) is 55.4 Å². The van der Waals surface area contributed by atoms with Gasteiger partial charge in [-0.25, -0.2) is 4.79 Å². The molecule has 0 aromatic rings. The van der Waals surface area contributed by atoms with Crippen molar-refractivity contribution in [1.29, 1.82) is 0 Å². The molecule has 1 saturated carbocycles. The molecule has 0 saturated heterocycles. The number of aliphatic carboxylic acids is 1. The van der Waals surface area contributed by atoms with E-state index in [2.05, 4.69) is 10.6 Å². The van der Waals surface area contributed by atoms with Crippen molar-refractivity contribution in [2.45, 2.75) is 140 Å². The molecule has 0 aromatic carbocycles. The molecule has 6 unspecified atom stereocenters. The maximum atomic E-state index is 12.6. The molecule has 0 heterocycles. The molecule has 1 fully saturated rings. The molecule has 236 valence electrons. The first-order valence-corrected chi connectivity index (χ1v) is 16.6. The molecule has 0 bridgehead atoms. The number of rotatable bonds is 18. The molecule has 6 atom stereocenters. The number of hydrogen-bond acceptors (Lipinski definition) is 9. The molecule has 1 rings (SSSR count). The number of carboxylic acids is 1. The standard InChI is InChI=1S/C29H54BN3O6S2/c1-26(2,3)25(38)29(9,31)14-15-39-28(7,8)13-12-22(34)32-19(24(36)37)17-41-21-11-10-20(21)40-16-18(23(30)35)33-27(4,5)6/h18-21,23,33,35H,10-17,31H2,1-9H3,(H,32,34)(H,36,37). The largest absolute Gasteiger partial charge is 0.480 e. The van der Waals surface area contributed by atoms with Crippen molar-refractivity contribution < 1.29 is 29.3 Å². The molecular weight excluding hydrogens is 561 g/mol. The summed E-state index contributed by atoms with van der Waals surface area (Å²) in [4.78, 5) is 37.1. The van der Waals surface area contributed by atoms with Crippen LogP contribution >= 0.6 is 23.5 Å². The lowest BCUT2D eigenvalue weighted by Gasteiger charge is -2.38. The fourth-order valence-electron chi connectivity index (χ4n) is 4.49. The zero-order valence-electron chi connectivity index (χ0n) is 26.5. The smallest absolute Gasteiger partial charge is 0.327 e. The summed E-state index contributed by atoms with van der Waals surface area (Å²) in [5, 5.41) is 26.3. The lowest BCUT2D eigenvalue weighted by atomic mass is 9.78. The van der Waals surface area contributed by atoms with Gasteiger partial charge >= 0.3 is 5.97 Å². The second kappa shape index (κ2) is 15.8. The highest BCUT2D eigenvalue weighted by Crippen LogP contribution is 2.40. The predicted molar refractivity (Wildman–Crippen MR) is 171 cm³/mol. The topological polar surface area (TPSA) is 151 Å². The molecule has 0 aliphatic heterocycles. The molecule has 0 aromatic heterocycles. The zero-order valence-corrected chi connectivity index (χ0v) is 28.2. The Labute approximate surface area is 257 Å². The van der Waals surface area contributed by atoms with E-state index >= 15 is 0 Å². The van der Waals surface area contributed by atoms with Crippen LogP contribution in [0.3, 0.4) is 0 Å². The SMILES string of the molecule is [B]C(O)C(CSC1CCC1SCC(NC(=O)CCC(C)(C)OCCC(C)(N)C(=O)C(C)(C)C)C(=O)O)NC(C)(C)C. The molecule has 41 heavy (non-hydrogen) atoms. The number of amides is 1. The van der Waals surface area contributed by atoms with Gasteiger partial charge in [0.1, 0.15) is 13.9 Å². The average Bonchev–Trinajstić information content (AvgIpc) is 2.78. The van der Waals surface area contributed by atoms with Gasteiger partial charge in [-0.2, -0.15) is 23.5 Å². The minimum Gasteiger partial charge on any atom is -0.480 e. The third-order valence-corrected chi connectivity index (χ3v) is 10.3. The van der Waals surface area contributed by atoms with E-state index in [1.54, 1.807) is 30.4 Å². The molecule has 12 heteroatoms. The fraction of sp³-hybridized carbons (Fsp3) is 0.897. The van der Waals surface area contributed by atoms with E-state index in [0.29, 0.717) is 23.8 Å². The van der Waals surface area contributed by atoms with Crippen LogP contribution in [0.1, 0.15) is 94.4 Å². The maximum absolute atomic E-state index is 12.6. The summed E-state index contributed by atoms with van der Waals surface area (Å²) in [5.41, 5.74) is 3.88. The van der Waals surface area contributed by atoms with Gasteiger partial charge in [-0.05, 0) is 67.2 Å². The van der Waals surface area contributed by atoms with E-state index in [1.165, 1.54) is 0 Å². The Kier molecular flexibility index (Phi) is 14.7. The molecule has 1 amide bonds. The number of thioether (sulfide) groups is 2. The molecular formula is C29H54BN3O6S2. The van der Waals surface area contributed by atoms with E-state index in [-0.39, 0.29) is 47.3 Å². The monoisotopic (exact) mass is 615 g/mol. The van der Waals surface area contributed by atoms with Crippen molar-refractivity contribution in [3.63, 3.8) is 0 Å². The number of nitrogens with two attached hydrogens (primary N) is 1. The Balaban J connectivity index is 2.49. The van der Waals surface area contributed by atoms with Crippen LogP contribution in [-0.2, 0) is 19.1 Å². The molecule has 9 nitrogen and oxygen atoms in total. The summed E-state index contributed by atoms with van der Waals surface area (Å²) in [6.07, 6.45) is 2.88. The van der Waals surface area contributed by atoms with Gasteiger partial charge < -0.3 is 31.3 Å². The molecule has 0 spiro atoms. The van der Waals surface area contributed by atoms with Crippen molar-refractivity contribution in [1.82, 2.24) is 10.6 Å². The van der Waals surface area contributed by atoms with Crippen LogP contribution in [0, 0.1) is 5.41 Å². The van der Waals surface area contributed by atoms with E-state index in [4.69, 9.17) is 18.3 Å². The number of Topliss-reactive ketones (excluding diaryl/α,β-unsaturated/α-hetero) is 1. The van der Waals surface area contributed by atoms with Crippen molar-refractivity contribution in [3.05, 3.63) is 0 Å². The van der Waals surface area contributed by atoms with Crippen molar-refractivity contribution in [2.75, 3.05) is 18.1 Å². The van der Waals surface area contributed by atoms with Crippen molar-refractivity contribution in [2.24, 2.45) is 11.1 Å². The van der Waals surface area contributed by atoms with Gasteiger partial charge in [0.2, 0.25) is 5.91 Å². The van der Waals surface area contributed by atoms with Crippen molar-refractivity contribution >= 4 is 49.0 Å². The number of carboxylic acid groups (broad SMARTS) is 1. The number of ether oxygens (including phenoxy) is 1. The number of ketones is 1. The number of aliphatic hydroxyl groups is 1. The Morgan fingerprint density at radius 2 is 1.51 bits per heavy atom. The zero-order chi connectivity index (χ0) is 31.8.